The number of thiophene rings is 1. The van der Waals surface area contributed by atoms with Crippen LogP contribution in [0.4, 0.5) is 5.13 Å². The van der Waals surface area contributed by atoms with Crippen molar-refractivity contribution >= 4 is 55.7 Å². The van der Waals surface area contributed by atoms with E-state index in [9.17, 15) is 4.79 Å². The number of amides is 1. The number of nitrogens with one attached hydrogen (secondary N) is 1. The number of hydrogen-bond acceptors (Lipinski definition) is 5. The molecule has 0 unspecified atom stereocenters. The van der Waals surface area contributed by atoms with Crippen molar-refractivity contribution in [3.63, 3.8) is 0 Å². The molecule has 1 amide bonds. The van der Waals surface area contributed by atoms with Crippen LogP contribution < -0.4 is 9.80 Å². The molecule has 1 N–H and O–H groups in total. The first-order valence-electron chi connectivity index (χ1n) is 8.80. The lowest BCUT2D eigenvalue weighted by Gasteiger charge is -2.22. The van der Waals surface area contributed by atoms with Gasteiger partial charge in [0.25, 0.3) is 5.91 Å². The molecule has 26 heavy (non-hydrogen) atoms. The lowest BCUT2D eigenvalue weighted by atomic mass is 10.3. The van der Waals surface area contributed by atoms with E-state index in [1.165, 1.54) is 16.2 Å². The molecule has 2 aromatic heterocycles. The van der Waals surface area contributed by atoms with Gasteiger partial charge in [-0.25, -0.2) is 4.98 Å². The molecule has 0 saturated carbocycles. The van der Waals surface area contributed by atoms with Gasteiger partial charge < -0.3 is 4.90 Å². The smallest absolute Gasteiger partial charge is 0.270 e. The number of benzene rings is 1. The number of quaternary nitrogens is 1. The number of likely N-dealkylation sites (N-methyl/N-ethyl adjacent to an activating group) is 1. The third-order valence-corrected chi connectivity index (χ3v) is 7.16. The number of para-hydroxylation sites is 1. The fourth-order valence-electron chi connectivity index (χ4n) is 2.88. The minimum absolute atomic E-state index is 0.0521. The molecule has 3 aromatic rings. The Labute approximate surface area is 166 Å². The molecular formula is C19H24N3OS3+. The molecule has 0 aliphatic heterocycles. The Morgan fingerprint density at radius 1 is 1.23 bits per heavy atom. The zero-order valence-electron chi connectivity index (χ0n) is 15.3. The second kappa shape index (κ2) is 8.99. The summed E-state index contributed by atoms with van der Waals surface area (Å²) in [5.41, 5.74) is 0.999. The van der Waals surface area contributed by atoms with Crippen LogP contribution in [0.1, 0.15) is 23.5 Å². The third kappa shape index (κ3) is 4.11. The Kier molecular flexibility index (Phi) is 6.69. The van der Waals surface area contributed by atoms with E-state index in [4.69, 9.17) is 4.98 Å². The molecule has 138 valence electrons. The standard InChI is InChI=1S/C19H23N3OS3/c1-4-21(5-2)11-12-22(18(23)16-10-7-13-25-16)19-20-17-14(24-3)8-6-9-15(17)26-19/h6-10,13H,4-5,11-12H2,1-3H3/p+1. The average Bonchev–Trinajstić information content (AvgIpc) is 3.34. The molecule has 0 aliphatic carbocycles. The molecule has 7 heteroatoms. The number of carbonyl (C=O) groups excluding carboxylic acids is 1. The maximum Gasteiger partial charge on any atom is 0.270 e. The second-order valence-electron chi connectivity index (χ2n) is 5.94. The summed E-state index contributed by atoms with van der Waals surface area (Å²) in [5, 5.41) is 2.75. The van der Waals surface area contributed by atoms with Crippen molar-refractivity contribution in [1.29, 1.82) is 0 Å². The monoisotopic (exact) mass is 406 g/mol. The van der Waals surface area contributed by atoms with E-state index in [-0.39, 0.29) is 5.91 Å². The molecule has 0 bridgehead atoms. The molecule has 0 spiro atoms. The van der Waals surface area contributed by atoms with Gasteiger partial charge in [0.1, 0.15) is 0 Å². The Morgan fingerprint density at radius 3 is 2.69 bits per heavy atom. The Balaban J connectivity index is 1.95. The number of fused-ring (bicyclic) bond motifs is 1. The van der Waals surface area contributed by atoms with E-state index in [0.29, 0.717) is 6.54 Å². The van der Waals surface area contributed by atoms with Crippen molar-refractivity contribution in [3.05, 3.63) is 40.6 Å². The van der Waals surface area contributed by atoms with Crippen molar-refractivity contribution in [2.45, 2.75) is 18.7 Å². The lowest BCUT2D eigenvalue weighted by Crippen LogP contribution is -3.12. The van der Waals surface area contributed by atoms with Crippen molar-refractivity contribution in [2.24, 2.45) is 0 Å². The molecule has 1 aromatic carbocycles. The summed E-state index contributed by atoms with van der Waals surface area (Å²) in [6.45, 7) is 8.11. The number of hydrogen-bond donors (Lipinski definition) is 1. The Bertz CT molecular complexity index is 856. The minimum Gasteiger partial charge on any atom is -0.334 e. The van der Waals surface area contributed by atoms with Gasteiger partial charge in [0.2, 0.25) is 0 Å². The maximum atomic E-state index is 13.1. The molecule has 3 rings (SSSR count). The first-order chi connectivity index (χ1) is 12.7. The first-order valence-corrected chi connectivity index (χ1v) is 11.7. The van der Waals surface area contributed by atoms with Crippen molar-refractivity contribution in [1.82, 2.24) is 4.98 Å². The summed E-state index contributed by atoms with van der Waals surface area (Å²) >= 11 is 4.79. The van der Waals surface area contributed by atoms with Crippen molar-refractivity contribution in [3.8, 4) is 0 Å². The lowest BCUT2D eigenvalue weighted by molar-refractivity contribution is -0.894. The Morgan fingerprint density at radius 2 is 2.04 bits per heavy atom. The van der Waals surface area contributed by atoms with Gasteiger partial charge >= 0.3 is 0 Å². The topological polar surface area (TPSA) is 37.6 Å². The zero-order chi connectivity index (χ0) is 18.5. The first kappa shape index (κ1) is 19.4. The number of thioether (sulfide) groups is 1. The third-order valence-electron chi connectivity index (χ3n) is 4.49. The fourth-order valence-corrected chi connectivity index (χ4v) is 5.20. The van der Waals surface area contributed by atoms with Crippen LogP contribution in [0.25, 0.3) is 10.2 Å². The van der Waals surface area contributed by atoms with Crippen molar-refractivity contribution < 1.29 is 9.69 Å². The van der Waals surface area contributed by atoms with Gasteiger partial charge in [0.15, 0.2) is 5.13 Å². The maximum absolute atomic E-state index is 13.1. The molecule has 0 fully saturated rings. The molecule has 0 atom stereocenters. The van der Waals surface area contributed by atoms with Gasteiger partial charge in [-0.1, -0.05) is 23.5 Å². The zero-order valence-corrected chi connectivity index (χ0v) is 17.8. The summed E-state index contributed by atoms with van der Waals surface area (Å²) in [6, 6.07) is 10.0. The predicted molar refractivity (Wildman–Crippen MR) is 114 cm³/mol. The largest absolute Gasteiger partial charge is 0.334 e. The highest BCUT2D eigenvalue weighted by atomic mass is 32.2. The number of nitrogens with zero attached hydrogens (tertiary/aromatic N) is 2. The quantitative estimate of drug-likeness (QED) is 0.580. The van der Waals surface area contributed by atoms with E-state index < -0.39 is 0 Å². The van der Waals surface area contributed by atoms with Gasteiger partial charge in [-0.3, -0.25) is 9.69 Å². The van der Waals surface area contributed by atoms with Gasteiger partial charge in [-0.15, -0.1) is 23.1 Å². The second-order valence-corrected chi connectivity index (χ2v) is 8.75. The molecular weight excluding hydrogens is 382 g/mol. The van der Waals surface area contributed by atoms with Gasteiger partial charge in [-0.2, -0.15) is 0 Å². The summed E-state index contributed by atoms with van der Waals surface area (Å²) in [4.78, 5) is 23.2. The van der Waals surface area contributed by atoms with Crippen LogP contribution >= 0.6 is 34.4 Å². The predicted octanol–water partition coefficient (Wildman–Crippen LogP) is 3.65. The molecule has 0 radical (unpaired) electrons. The van der Waals surface area contributed by atoms with E-state index >= 15 is 0 Å². The highest BCUT2D eigenvalue weighted by molar-refractivity contribution is 7.98. The minimum atomic E-state index is 0.0521. The van der Waals surface area contributed by atoms with Gasteiger partial charge in [0, 0.05) is 4.90 Å². The van der Waals surface area contributed by atoms with Crippen LogP contribution in [-0.4, -0.2) is 43.3 Å². The van der Waals surface area contributed by atoms with Crippen LogP contribution in [0.2, 0.25) is 0 Å². The highest BCUT2D eigenvalue weighted by Gasteiger charge is 2.23. The van der Waals surface area contributed by atoms with Crippen molar-refractivity contribution in [2.75, 3.05) is 37.3 Å². The number of anilines is 1. The van der Waals surface area contributed by atoms with Crippen LogP contribution in [-0.2, 0) is 0 Å². The molecule has 0 aliphatic rings. The van der Waals surface area contributed by atoms with E-state index in [1.54, 1.807) is 23.1 Å². The number of rotatable bonds is 8. The van der Waals surface area contributed by atoms with Crippen LogP contribution in [0.15, 0.2) is 40.6 Å². The van der Waals surface area contributed by atoms with E-state index in [2.05, 4.69) is 38.3 Å². The molecule has 4 nitrogen and oxygen atoms in total. The van der Waals surface area contributed by atoms with Gasteiger partial charge in [-0.05, 0) is 43.7 Å². The van der Waals surface area contributed by atoms with Crippen LogP contribution in [0, 0.1) is 0 Å². The van der Waals surface area contributed by atoms with Gasteiger partial charge in [0.05, 0.1) is 41.3 Å². The summed E-state index contributed by atoms with van der Waals surface area (Å²) in [7, 11) is 0. The highest BCUT2D eigenvalue weighted by Crippen LogP contribution is 2.34. The normalized spacial score (nSPS) is 11.4. The molecule has 0 saturated heterocycles. The summed E-state index contributed by atoms with van der Waals surface area (Å²) < 4.78 is 1.13. The number of thiazole rings is 1. The van der Waals surface area contributed by atoms with Crippen LogP contribution in [0.3, 0.4) is 0 Å². The average molecular weight is 407 g/mol. The number of aromatic nitrogens is 1. The van der Waals surface area contributed by atoms with E-state index in [0.717, 1.165) is 44.8 Å². The van der Waals surface area contributed by atoms with Crippen LogP contribution in [0.5, 0.6) is 0 Å². The fraction of sp³-hybridized carbons (Fsp3) is 0.368. The molecule has 2 heterocycles. The Hall–Kier alpha value is -1.41. The number of carbonyl (C=O) groups is 1. The summed E-state index contributed by atoms with van der Waals surface area (Å²) in [6.07, 6.45) is 2.06. The SMILES string of the molecule is CC[NH+](CC)CCN(C(=O)c1cccs1)c1nc2c(SC)cccc2s1. The van der Waals surface area contributed by atoms with E-state index in [1.807, 2.05) is 22.4 Å². The summed E-state index contributed by atoms with van der Waals surface area (Å²) in [5.74, 6) is 0.0521.